The number of rotatable bonds is 8. The highest BCUT2D eigenvalue weighted by Gasteiger charge is 2.44. The smallest absolute Gasteiger partial charge is 0.207 e. The molecule has 1 N–H and O–H groups in total. The van der Waals surface area contributed by atoms with Gasteiger partial charge in [0, 0.05) is 12.7 Å². The number of fused-ring (bicyclic) bond motifs is 1. The van der Waals surface area contributed by atoms with Crippen molar-refractivity contribution in [2.75, 3.05) is 49.8 Å². The number of methoxy groups -OCH3 is 7. The largest absolute Gasteiger partial charge is 0.502 e. The highest BCUT2D eigenvalue weighted by molar-refractivity contribution is 6.05. The van der Waals surface area contributed by atoms with Gasteiger partial charge in [0.25, 0.3) is 0 Å². The summed E-state index contributed by atoms with van der Waals surface area (Å²) in [6.07, 6.45) is -2.09. The van der Waals surface area contributed by atoms with Gasteiger partial charge in [0.15, 0.2) is 41.0 Å². The number of Topliss-reactive ketones (excluding diaryl/α,β-unsaturated/α-hetero) is 1. The van der Waals surface area contributed by atoms with Gasteiger partial charge >= 0.3 is 0 Å². The van der Waals surface area contributed by atoms with Crippen molar-refractivity contribution in [2.45, 2.75) is 12.2 Å². The Bertz CT molecular complexity index is 1020. The summed E-state index contributed by atoms with van der Waals surface area (Å²) in [4.78, 5) is 13.3. The molecule has 0 fully saturated rings. The van der Waals surface area contributed by atoms with Gasteiger partial charge < -0.3 is 43.0 Å². The Hall–Kier alpha value is -3.53. The van der Waals surface area contributed by atoms with Gasteiger partial charge in [-0.15, -0.1) is 0 Å². The zero-order valence-corrected chi connectivity index (χ0v) is 18.9. The summed E-state index contributed by atoms with van der Waals surface area (Å²) in [6, 6.07) is 3.04. The Morgan fingerprint density at radius 3 is 1.81 bits per heavy atom. The van der Waals surface area contributed by atoms with Crippen molar-refractivity contribution in [2.24, 2.45) is 0 Å². The molecule has 0 bridgehead atoms. The van der Waals surface area contributed by atoms with Crippen LogP contribution >= 0.6 is 0 Å². The van der Waals surface area contributed by atoms with Crippen molar-refractivity contribution >= 4 is 5.78 Å². The predicted octanol–water partition coefficient (Wildman–Crippen LogP) is 2.78. The van der Waals surface area contributed by atoms with Gasteiger partial charge in [0.05, 0.1) is 48.2 Å². The Labute approximate surface area is 185 Å². The molecule has 3 rings (SSSR count). The van der Waals surface area contributed by atoms with Gasteiger partial charge in [-0.25, -0.2) is 0 Å². The van der Waals surface area contributed by atoms with Crippen molar-refractivity contribution in [3.63, 3.8) is 0 Å². The molecule has 0 aliphatic carbocycles. The number of carbonyl (C=O) groups excluding carboxylic acids is 1. The van der Waals surface area contributed by atoms with Crippen LogP contribution in [0.5, 0.6) is 46.0 Å². The lowest BCUT2D eigenvalue weighted by Gasteiger charge is -2.34. The molecule has 10 nitrogen and oxygen atoms in total. The van der Waals surface area contributed by atoms with Crippen LogP contribution in [-0.2, 0) is 4.74 Å². The van der Waals surface area contributed by atoms with Crippen LogP contribution in [0.25, 0.3) is 0 Å². The lowest BCUT2D eigenvalue weighted by molar-refractivity contribution is -0.00278. The molecular formula is C22H26O10. The molecule has 0 saturated heterocycles. The first kappa shape index (κ1) is 23.1. The van der Waals surface area contributed by atoms with E-state index in [2.05, 4.69) is 0 Å². The maximum Gasteiger partial charge on any atom is 0.207 e. The maximum absolute atomic E-state index is 13.3. The van der Waals surface area contributed by atoms with Gasteiger partial charge in [0.1, 0.15) is 0 Å². The average Bonchev–Trinajstić information content (AvgIpc) is 2.82. The third-order valence-electron chi connectivity index (χ3n) is 5.22. The number of benzene rings is 2. The summed E-state index contributed by atoms with van der Waals surface area (Å²) in [5.41, 5.74) is 0.483. The molecule has 1 heterocycles. The fraction of sp³-hybridized carbons (Fsp3) is 0.409. The molecule has 0 saturated carbocycles. The molecule has 0 radical (unpaired) electrons. The van der Waals surface area contributed by atoms with Crippen molar-refractivity contribution < 1.29 is 47.8 Å². The lowest BCUT2D eigenvalue weighted by atomic mass is 9.91. The second kappa shape index (κ2) is 9.31. The topological polar surface area (TPSA) is 111 Å². The average molecular weight is 450 g/mol. The molecular weight excluding hydrogens is 424 g/mol. The van der Waals surface area contributed by atoms with E-state index >= 15 is 0 Å². The van der Waals surface area contributed by atoms with Crippen LogP contribution in [0.4, 0.5) is 0 Å². The second-order valence-corrected chi connectivity index (χ2v) is 6.66. The standard InChI is InChI=1S/C22H26O10/c1-25-12-8-10-14(23)21(30-6)18(32-16(10)15(24)19(12)28-4)11-9-13(26-2)20(29-5)22(31-7)17(11)27-3/h8-9,18,21,24H,1-7H3. The predicted molar refractivity (Wildman–Crippen MR) is 112 cm³/mol. The SMILES string of the molecule is COc1cc2c(c(O)c1OC)OC(c1cc(OC)c(OC)c(OC)c1OC)C(OC)C2=O. The monoisotopic (exact) mass is 450 g/mol. The first-order valence-electron chi connectivity index (χ1n) is 9.50. The van der Waals surface area contributed by atoms with Crippen LogP contribution in [0.1, 0.15) is 22.0 Å². The summed E-state index contributed by atoms with van der Waals surface area (Å²) in [6.45, 7) is 0. The van der Waals surface area contributed by atoms with Gasteiger partial charge in [0.2, 0.25) is 23.0 Å². The van der Waals surface area contributed by atoms with Crippen molar-refractivity contribution in [3.05, 3.63) is 23.3 Å². The highest BCUT2D eigenvalue weighted by atomic mass is 16.6. The Morgan fingerprint density at radius 1 is 0.750 bits per heavy atom. The number of ketones is 1. The van der Waals surface area contributed by atoms with Crippen LogP contribution in [0.3, 0.4) is 0 Å². The molecule has 0 spiro atoms. The quantitative estimate of drug-likeness (QED) is 0.644. The van der Waals surface area contributed by atoms with E-state index in [0.29, 0.717) is 17.1 Å². The molecule has 2 aromatic rings. The van der Waals surface area contributed by atoms with Gasteiger partial charge in [-0.3, -0.25) is 4.79 Å². The van der Waals surface area contributed by atoms with Crippen LogP contribution in [0.15, 0.2) is 12.1 Å². The minimum absolute atomic E-state index is 0.0329. The van der Waals surface area contributed by atoms with Crippen LogP contribution in [0, 0.1) is 0 Å². The van der Waals surface area contributed by atoms with Crippen molar-refractivity contribution in [1.29, 1.82) is 0 Å². The van der Waals surface area contributed by atoms with E-state index in [1.807, 2.05) is 0 Å². The number of hydrogen-bond donors (Lipinski definition) is 1. The normalized spacial score (nSPS) is 17.2. The lowest BCUT2D eigenvalue weighted by Crippen LogP contribution is -2.38. The second-order valence-electron chi connectivity index (χ2n) is 6.66. The zero-order chi connectivity index (χ0) is 23.6. The van der Waals surface area contributed by atoms with Gasteiger partial charge in [-0.05, 0) is 12.1 Å². The molecule has 0 aromatic heterocycles. The van der Waals surface area contributed by atoms with E-state index in [9.17, 15) is 9.90 Å². The number of aromatic hydroxyl groups is 1. The Balaban J connectivity index is 2.28. The molecule has 1 aliphatic rings. The maximum atomic E-state index is 13.3. The summed E-state index contributed by atoms with van der Waals surface area (Å²) in [7, 11) is 9.97. The minimum atomic E-state index is -1.07. The number of carbonyl (C=O) groups is 1. The van der Waals surface area contributed by atoms with Crippen molar-refractivity contribution in [3.8, 4) is 46.0 Å². The first-order chi connectivity index (χ1) is 15.4. The molecule has 32 heavy (non-hydrogen) atoms. The minimum Gasteiger partial charge on any atom is -0.502 e. The summed E-state index contributed by atoms with van der Waals surface area (Å²) in [5.74, 6) is 0.486. The molecule has 1 aliphatic heterocycles. The summed E-state index contributed by atoms with van der Waals surface area (Å²) >= 11 is 0. The van der Waals surface area contributed by atoms with Crippen LogP contribution in [0.2, 0.25) is 0 Å². The number of phenols is 1. The number of ether oxygens (including phenoxy) is 8. The third-order valence-corrected chi connectivity index (χ3v) is 5.22. The van der Waals surface area contributed by atoms with E-state index in [0.717, 1.165) is 0 Å². The molecule has 2 atom stereocenters. The van der Waals surface area contributed by atoms with E-state index in [4.69, 9.17) is 37.9 Å². The molecule has 10 heteroatoms. The summed E-state index contributed by atoms with van der Waals surface area (Å²) in [5, 5.41) is 10.8. The molecule has 0 amide bonds. The fourth-order valence-corrected chi connectivity index (χ4v) is 3.77. The van der Waals surface area contributed by atoms with Crippen LogP contribution in [-0.4, -0.2) is 66.8 Å². The highest BCUT2D eigenvalue weighted by Crippen LogP contribution is 2.54. The molecule has 2 unspecified atom stereocenters. The number of hydrogen-bond acceptors (Lipinski definition) is 10. The summed E-state index contributed by atoms with van der Waals surface area (Å²) < 4.78 is 44.0. The Morgan fingerprint density at radius 2 is 1.31 bits per heavy atom. The number of phenolic OH excluding ortho intramolecular Hbond substituents is 1. The zero-order valence-electron chi connectivity index (χ0n) is 18.9. The van der Waals surface area contributed by atoms with E-state index in [-0.39, 0.29) is 40.1 Å². The first-order valence-corrected chi connectivity index (χ1v) is 9.50. The molecule has 2 aromatic carbocycles. The van der Waals surface area contributed by atoms with Gasteiger partial charge in [-0.2, -0.15) is 0 Å². The third kappa shape index (κ3) is 3.46. The van der Waals surface area contributed by atoms with E-state index in [1.165, 1.54) is 55.8 Å². The fourth-order valence-electron chi connectivity index (χ4n) is 3.77. The van der Waals surface area contributed by atoms with Gasteiger partial charge in [-0.1, -0.05) is 0 Å². The van der Waals surface area contributed by atoms with Crippen molar-refractivity contribution in [1.82, 2.24) is 0 Å². The molecule has 174 valence electrons. The van der Waals surface area contributed by atoms with Crippen LogP contribution < -0.4 is 33.2 Å². The van der Waals surface area contributed by atoms with E-state index < -0.39 is 18.0 Å². The van der Waals surface area contributed by atoms with E-state index in [1.54, 1.807) is 6.07 Å². The Kier molecular flexibility index (Phi) is 6.73.